The Balaban J connectivity index is 2.27. The number of carbonyl (C=O) groups excluding carboxylic acids is 1. The molecule has 0 radical (unpaired) electrons. The first-order chi connectivity index (χ1) is 12.4. The maximum Gasteiger partial charge on any atom is 0.150 e. The van der Waals surface area contributed by atoms with Gasteiger partial charge in [0, 0.05) is 34.3 Å². The van der Waals surface area contributed by atoms with Crippen molar-refractivity contribution < 1.29 is 14.3 Å². The molecule has 0 fully saturated rings. The molecule has 3 rings (SSSR count). The molecule has 5 nitrogen and oxygen atoms in total. The fourth-order valence-electron chi connectivity index (χ4n) is 3.39. The summed E-state index contributed by atoms with van der Waals surface area (Å²) in [7, 11) is 5.70. The molecule has 1 heterocycles. The normalized spacial score (nSPS) is 12.7. The Labute approximate surface area is 151 Å². The van der Waals surface area contributed by atoms with Crippen molar-refractivity contribution in [3.05, 3.63) is 64.6 Å². The molecule has 0 bridgehead atoms. The highest BCUT2D eigenvalue weighted by molar-refractivity contribution is 5.87. The number of aldehydes is 1. The van der Waals surface area contributed by atoms with Crippen LogP contribution in [0.1, 0.15) is 33.2 Å². The Bertz CT molecular complexity index is 950. The topological polar surface area (TPSA) is 68.4 Å². The summed E-state index contributed by atoms with van der Waals surface area (Å²) in [6, 6.07) is 8.98. The van der Waals surface area contributed by atoms with Crippen LogP contribution in [0, 0.1) is 5.82 Å². The van der Waals surface area contributed by atoms with E-state index in [9.17, 15) is 14.3 Å². The summed E-state index contributed by atoms with van der Waals surface area (Å²) < 4.78 is 13.7. The van der Waals surface area contributed by atoms with E-state index in [0.717, 1.165) is 22.9 Å². The summed E-state index contributed by atoms with van der Waals surface area (Å²) in [4.78, 5) is 16.8. The molecule has 0 amide bonds. The lowest BCUT2D eigenvalue weighted by Crippen LogP contribution is -2.22. The molecule has 1 aromatic heterocycles. The fourth-order valence-corrected chi connectivity index (χ4v) is 3.39. The molecule has 0 aliphatic heterocycles. The highest BCUT2D eigenvalue weighted by atomic mass is 19.1. The number of aromatic hydroxyl groups is 1. The van der Waals surface area contributed by atoms with E-state index < -0.39 is 0 Å². The second-order valence-electron chi connectivity index (χ2n) is 6.60. The van der Waals surface area contributed by atoms with Crippen LogP contribution in [0.3, 0.4) is 0 Å². The lowest BCUT2D eigenvalue weighted by atomic mass is 9.92. The van der Waals surface area contributed by atoms with E-state index in [1.54, 1.807) is 25.2 Å². The van der Waals surface area contributed by atoms with E-state index >= 15 is 0 Å². The molecule has 0 saturated carbocycles. The number of H-pyrrole nitrogens is 1. The van der Waals surface area contributed by atoms with E-state index in [1.807, 2.05) is 19.0 Å². The van der Waals surface area contributed by atoms with Crippen molar-refractivity contribution >= 4 is 17.2 Å². The van der Waals surface area contributed by atoms with Crippen LogP contribution < -0.4 is 5.32 Å². The van der Waals surface area contributed by atoms with Crippen molar-refractivity contribution in [2.75, 3.05) is 21.1 Å². The number of phenolic OH excluding ortho intramolecular Hbond substituents is 1. The lowest BCUT2D eigenvalue weighted by Gasteiger charge is -2.21. The minimum absolute atomic E-state index is 0.0888. The molecule has 3 N–H and O–H groups in total. The van der Waals surface area contributed by atoms with Gasteiger partial charge >= 0.3 is 0 Å². The number of fused-ring (bicyclic) bond motifs is 1. The third-order valence-corrected chi connectivity index (χ3v) is 4.44. The minimum Gasteiger partial charge on any atom is -0.508 e. The highest BCUT2D eigenvalue weighted by Crippen LogP contribution is 2.35. The maximum atomic E-state index is 13.7. The van der Waals surface area contributed by atoms with Gasteiger partial charge in [-0.05, 0) is 63.1 Å². The van der Waals surface area contributed by atoms with Gasteiger partial charge in [0.2, 0.25) is 0 Å². The molecular formula is C20H22FN3O2. The van der Waals surface area contributed by atoms with Crippen molar-refractivity contribution in [1.82, 2.24) is 15.2 Å². The van der Waals surface area contributed by atoms with Gasteiger partial charge in [-0.2, -0.15) is 0 Å². The molecule has 6 heteroatoms. The molecule has 0 spiro atoms. The van der Waals surface area contributed by atoms with Crippen molar-refractivity contribution in [2.45, 2.75) is 12.6 Å². The summed E-state index contributed by atoms with van der Waals surface area (Å²) in [5.74, 6) is -0.223. The molecular weight excluding hydrogens is 333 g/mol. The highest BCUT2D eigenvalue weighted by Gasteiger charge is 2.24. The van der Waals surface area contributed by atoms with Crippen molar-refractivity contribution in [3.63, 3.8) is 0 Å². The van der Waals surface area contributed by atoms with Crippen LogP contribution in [0.25, 0.3) is 10.9 Å². The lowest BCUT2D eigenvalue weighted by molar-refractivity contribution is 0.112. The number of aromatic nitrogens is 1. The number of hydrogen-bond acceptors (Lipinski definition) is 4. The largest absolute Gasteiger partial charge is 0.508 e. The summed E-state index contributed by atoms with van der Waals surface area (Å²) in [6.07, 6.45) is 0.777. The Morgan fingerprint density at radius 1 is 1.27 bits per heavy atom. The second-order valence-corrected chi connectivity index (χ2v) is 6.60. The van der Waals surface area contributed by atoms with Crippen LogP contribution >= 0.6 is 0 Å². The van der Waals surface area contributed by atoms with Gasteiger partial charge in [-0.15, -0.1) is 0 Å². The molecule has 1 atom stereocenters. The molecule has 1 unspecified atom stereocenters. The summed E-state index contributed by atoms with van der Waals surface area (Å²) in [5, 5.41) is 14.0. The third kappa shape index (κ3) is 3.34. The standard InChI is InChI=1S/C20H22FN3O2/c1-22-20(16-9-14(26)6-4-12(16)11-25)19-15-7-5-13(21)8-17(15)23-18(19)10-24(2)3/h4-9,11,20,22-23,26H,10H2,1-3H3. The van der Waals surface area contributed by atoms with Crippen LogP contribution in [0.5, 0.6) is 5.75 Å². The number of nitrogens with one attached hydrogen (secondary N) is 2. The molecule has 0 aliphatic rings. The number of aromatic amines is 1. The quantitative estimate of drug-likeness (QED) is 0.594. The van der Waals surface area contributed by atoms with Crippen LogP contribution in [0.4, 0.5) is 4.39 Å². The van der Waals surface area contributed by atoms with Crippen molar-refractivity contribution in [1.29, 1.82) is 0 Å². The first-order valence-electron chi connectivity index (χ1n) is 8.34. The Hall–Kier alpha value is -2.70. The summed E-state index contributed by atoms with van der Waals surface area (Å²) in [6.45, 7) is 0.624. The van der Waals surface area contributed by atoms with Crippen LogP contribution in [-0.2, 0) is 6.54 Å². The second kappa shape index (κ2) is 7.27. The van der Waals surface area contributed by atoms with Crippen LogP contribution in [-0.4, -0.2) is 42.4 Å². The Kier molecular flexibility index (Phi) is 5.06. The molecule has 0 aliphatic carbocycles. The Morgan fingerprint density at radius 3 is 2.69 bits per heavy atom. The molecule has 0 saturated heterocycles. The number of hydrogen-bond donors (Lipinski definition) is 3. The Morgan fingerprint density at radius 2 is 2.04 bits per heavy atom. The number of nitrogens with zero attached hydrogens (tertiary/aromatic N) is 1. The van der Waals surface area contributed by atoms with Gasteiger partial charge in [0.15, 0.2) is 0 Å². The van der Waals surface area contributed by atoms with E-state index in [2.05, 4.69) is 10.3 Å². The van der Waals surface area contributed by atoms with E-state index in [1.165, 1.54) is 18.2 Å². The number of carbonyl (C=O) groups is 1. The van der Waals surface area contributed by atoms with Gasteiger partial charge in [-0.3, -0.25) is 4.79 Å². The fraction of sp³-hybridized carbons (Fsp3) is 0.250. The number of halogens is 1. The average molecular weight is 355 g/mol. The molecule has 3 aromatic rings. The average Bonchev–Trinajstić information content (AvgIpc) is 2.92. The third-order valence-electron chi connectivity index (χ3n) is 4.44. The van der Waals surface area contributed by atoms with Crippen LogP contribution in [0.2, 0.25) is 0 Å². The smallest absolute Gasteiger partial charge is 0.150 e. The monoisotopic (exact) mass is 355 g/mol. The SMILES string of the molecule is CNC(c1cc(O)ccc1C=O)c1c(CN(C)C)[nH]c2cc(F)ccc12. The summed E-state index contributed by atoms with van der Waals surface area (Å²) in [5.41, 5.74) is 3.73. The zero-order chi connectivity index (χ0) is 18.8. The first-order valence-corrected chi connectivity index (χ1v) is 8.34. The van der Waals surface area contributed by atoms with Gasteiger partial charge < -0.3 is 20.3 Å². The van der Waals surface area contributed by atoms with Gasteiger partial charge in [0.25, 0.3) is 0 Å². The number of rotatable bonds is 6. The zero-order valence-electron chi connectivity index (χ0n) is 15.0. The molecule has 26 heavy (non-hydrogen) atoms. The van der Waals surface area contributed by atoms with Gasteiger partial charge in [-0.1, -0.05) is 0 Å². The van der Waals surface area contributed by atoms with Gasteiger partial charge in [0.1, 0.15) is 17.9 Å². The predicted molar refractivity (Wildman–Crippen MR) is 100 cm³/mol. The van der Waals surface area contributed by atoms with E-state index in [0.29, 0.717) is 23.2 Å². The molecule has 2 aromatic carbocycles. The molecule has 136 valence electrons. The zero-order valence-corrected chi connectivity index (χ0v) is 15.0. The predicted octanol–water partition coefficient (Wildman–Crippen LogP) is 3.20. The van der Waals surface area contributed by atoms with Crippen LogP contribution in [0.15, 0.2) is 36.4 Å². The number of benzene rings is 2. The van der Waals surface area contributed by atoms with E-state index in [-0.39, 0.29) is 17.6 Å². The minimum atomic E-state index is -0.337. The van der Waals surface area contributed by atoms with Crippen molar-refractivity contribution in [3.8, 4) is 5.75 Å². The summed E-state index contributed by atoms with van der Waals surface area (Å²) >= 11 is 0. The first kappa shape index (κ1) is 18.1. The van der Waals surface area contributed by atoms with Crippen molar-refractivity contribution in [2.24, 2.45) is 0 Å². The maximum absolute atomic E-state index is 13.7. The van der Waals surface area contributed by atoms with E-state index in [4.69, 9.17) is 0 Å². The number of phenols is 1. The van der Waals surface area contributed by atoms with Gasteiger partial charge in [-0.25, -0.2) is 4.39 Å². The van der Waals surface area contributed by atoms with Gasteiger partial charge in [0.05, 0.1) is 6.04 Å².